The lowest BCUT2D eigenvalue weighted by Crippen LogP contribution is -2.42. The third-order valence-electron chi connectivity index (χ3n) is 4.98. The lowest BCUT2D eigenvalue weighted by Gasteiger charge is -2.22. The van der Waals surface area contributed by atoms with Crippen molar-refractivity contribution in [1.29, 1.82) is 0 Å². The summed E-state index contributed by atoms with van der Waals surface area (Å²) in [6.45, 7) is 0.271. The number of phenolic OH excluding ortho intramolecular Hbond substituents is 1. The van der Waals surface area contributed by atoms with Gasteiger partial charge in [0.05, 0.1) is 18.5 Å². The van der Waals surface area contributed by atoms with Crippen LogP contribution >= 0.6 is 0 Å². The van der Waals surface area contributed by atoms with Crippen LogP contribution in [0.25, 0.3) is 0 Å². The van der Waals surface area contributed by atoms with Gasteiger partial charge < -0.3 is 5.11 Å². The number of phenols is 1. The summed E-state index contributed by atoms with van der Waals surface area (Å²) in [4.78, 5) is 27.2. The predicted octanol–water partition coefficient (Wildman–Crippen LogP) is 1.44. The van der Waals surface area contributed by atoms with Crippen molar-refractivity contribution in [3.63, 3.8) is 0 Å². The summed E-state index contributed by atoms with van der Waals surface area (Å²) in [5.74, 6) is -0.832. The first-order valence-electron chi connectivity index (χ1n) is 8.24. The number of hydrogen-bond donors (Lipinski definition) is 2. The number of benzene rings is 2. The van der Waals surface area contributed by atoms with Crippen LogP contribution in [-0.4, -0.2) is 39.9 Å². The van der Waals surface area contributed by atoms with E-state index >= 15 is 0 Å². The number of hydrazine groups is 1. The van der Waals surface area contributed by atoms with Crippen LogP contribution in [0.3, 0.4) is 0 Å². The van der Waals surface area contributed by atoms with Crippen molar-refractivity contribution in [3.8, 4) is 5.75 Å². The highest BCUT2D eigenvalue weighted by Gasteiger charge is 2.57. The molecule has 25 heavy (non-hydrogen) atoms. The Labute approximate surface area is 145 Å². The zero-order chi connectivity index (χ0) is 17.6. The summed E-state index contributed by atoms with van der Waals surface area (Å²) >= 11 is 0. The molecule has 3 atom stereocenters. The van der Waals surface area contributed by atoms with Crippen LogP contribution in [0.1, 0.15) is 17.2 Å². The molecule has 2 aliphatic heterocycles. The molecule has 0 spiro atoms. The summed E-state index contributed by atoms with van der Waals surface area (Å²) < 4.78 is 0. The first-order valence-corrected chi connectivity index (χ1v) is 8.24. The minimum atomic E-state index is -0.555. The molecule has 0 aliphatic carbocycles. The Hall–Kier alpha value is -2.70. The van der Waals surface area contributed by atoms with Crippen molar-refractivity contribution in [1.82, 2.24) is 15.3 Å². The maximum absolute atomic E-state index is 13.0. The van der Waals surface area contributed by atoms with Crippen molar-refractivity contribution in [3.05, 3.63) is 65.7 Å². The minimum absolute atomic E-state index is 0.121. The van der Waals surface area contributed by atoms with Gasteiger partial charge in [0.2, 0.25) is 11.8 Å². The zero-order valence-electron chi connectivity index (χ0n) is 13.8. The van der Waals surface area contributed by atoms with Crippen molar-refractivity contribution >= 4 is 11.8 Å². The number of carbonyl (C=O) groups is 2. The lowest BCUT2D eigenvalue weighted by atomic mass is 9.90. The average molecular weight is 337 g/mol. The standard InChI is InChI=1S/C19H19N3O3/c1-21-17-15(16(20-21)13-9-5-6-10-14(13)23)18(24)22(19(17)25)11-12-7-3-2-4-8-12/h2-10,15-17,20,23H,11H2,1H3/t15-,16-,17+/m1/s1. The first kappa shape index (κ1) is 15.8. The third kappa shape index (κ3) is 2.50. The molecule has 6 heteroatoms. The lowest BCUT2D eigenvalue weighted by molar-refractivity contribution is -0.142. The Morgan fingerprint density at radius 2 is 1.68 bits per heavy atom. The fraction of sp³-hybridized carbons (Fsp3) is 0.263. The van der Waals surface area contributed by atoms with Gasteiger partial charge in [-0.25, -0.2) is 10.4 Å². The van der Waals surface area contributed by atoms with Gasteiger partial charge in [0, 0.05) is 12.6 Å². The molecule has 2 fully saturated rings. The number of rotatable bonds is 3. The molecule has 2 aromatic carbocycles. The van der Waals surface area contributed by atoms with E-state index in [4.69, 9.17) is 0 Å². The van der Waals surface area contributed by atoms with E-state index in [1.54, 1.807) is 30.3 Å². The third-order valence-corrected chi connectivity index (χ3v) is 4.98. The van der Waals surface area contributed by atoms with Crippen LogP contribution in [0, 0.1) is 5.92 Å². The number of para-hydroxylation sites is 1. The van der Waals surface area contributed by atoms with Gasteiger partial charge in [0.1, 0.15) is 11.8 Å². The Balaban J connectivity index is 1.66. The Kier molecular flexibility index (Phi) is 3.78. The predicted molar refractivity (Wildman–Crippen MR) is 91.0 cm³/mol. The van der Waals surface area contributed by atoms with E-state index in [0.29, 0.717) is 5.56 Å². The highest BCUT2D eigenvalue weighted by molar-refractivity contribution is 6.07. The molecule has 2 aromatic rings. The van der Waals surface area contributed by atoms with E-state index in [1.165, 1.54) is 4.90 Å². The molecule has 2 amide bonds. The molecule has 2 aliphatic rings. The second-order valence-electron chi connectivity index (χ2n) is 6.50. The minimum Gasteiger partial charge on any atom is -0.508 e. The second-order valence-corrected chi connectivity index (χ2v) is 6.50. The number of likely N-dealkylation sites (tertiary alicyclic amines) is 1. The molecule has 6 nitrogen and oxygen atoms in total. The summed E-state index contributed by atoms with van der Waals surface area (Å²) in [7, 11) is 1.76. The van der Waals surface area contributed by atoms with Gasteiger partial charge in [-0.05, 0) is 11.6 Å². The van der Waals surface area contributed by atoms with Crippen LogP contribution in [0.2, 0.25) is 0 Å². The number of amides is 2. The molecule has 4 rings (SSSR count). The molecule has 0 radical (unpaired) electrons. The fourth-order valence-electron chi connectivity index (χ4n) is 3.78. The zero-order valence-corrected chi connectivity index (χ0v) is 13.8. The van der Waals surface area contributed by atoms with Crippen molar-refractivity contribution < 1.29 is 14.7 Å². The number of hydrogen-bond acceptors (Lipinski definition) is 5. The number of nitrogens with one attached hydrogen (secondary N) is 1. The van der Waals surface area contributed by atoms with Gasteiger partial charge >= 0.3 is 0 Å². The quantitative estimate of drug-likeness (QED) is 0.829. The molecular weight excluding hydrogens is 318 g/mol. The molecular formula is C19H19N3O3. The normalized spacial score (nSPS) is 26.3. The number of nitrogens with zero attached hydrogens (tertiary/aromatic N) is 2. The van der Waals surface area contributed by atoms with E-state index in [9.17, 15) is 14.7 Å². The van der Waals surface area contributed by atoms with Crippen LogP contribution in [0.5, 0.6) is 5.75 Å². The van der Waals surface area contributed by atoms with Crippen molar-refractivity contribution in [2.75, 3.05) is 7.05 Å². The molecule has 2 saturated heterocycles. The summed E-state index contributed by atoms with van der Waals surface area (Å²) in [6.07, 6.45) is 0. The molecule has 0 bridgehead atoms. The largest absolute Gasteiger partial charge is 0.508 e. The SMILES string of the molecule is CN1N[C@H](c2ccccc2O)[C@H]2C(=O)N(Cc3ccccc3)C(=O)[C@H]21. The van der Waals surface area contributed by atoms with Gasteiger partial charge in [-0.1, -0.05) is 48.5 Å². The van der Waals surface area contributed by atoms with Gasteiger partial charge in [-0.3, -0.25) is 14.5 Å². The maximum Gasteiger partial charge on any atom is 0.249 e. The molecule has 128 valence electrons. The molecule has 0 unspecified atom stereocenters. The number of imide groups is 1. The number of carbonyl (C=O) groups excluding carboxylic acids is 2. The van der Waals surface area contributed by atoms with Crippen LogP contribution in [0.4, 0.5) is 0 Å². The molecule has 2 heterocycles. The smallest absolute Gasteiger partial charge is 0.249 e. The molecule has 0 saturated carbocycles. The molecule has 2 N–H and O–H groups in total. The topological polar surface area (TPSA) is 72.9 Å². The van der Waals surface area contributed by atoms with Gasteiger partial charge in [0.25, 0.3) is 0 Å². The van der Waals surface area contributed by atoms with Crippen LogP contribution in [0.15, 0.2) is 54.6 Å². The van der Waals surface area contributed by atoms with E-state index < -0.39 is 18.0 Å². The fourth-order valence-corrected chi connectivity index (χ4v) is 3.78. The maximum atomic E-state index is 13.0. The average Bonchev–Trinajstić information content (AvgIpc) is 3.08. The van der Waals surface area contributed by atoms with E-state index in [2.05, 4.69) is 5.43 Å². The summed E-state index contributed by atoms with van der Waals surface area (Å²) in [5, 5.41) is 11.8. The summed E-state index contributed by atoms with van der Waals surface area (Å²) in [6, 6.07) is 15.4. The van der Waals surface area contributed by atoms with Crippen LogP contribution < -0.4 is 5.43 Å². The van der Waals surface area contributed by atoms with Gasteiger partial charge in [-0.15, -0.1) is 0 Å². The monoisotopic (exact) mass is 337 g/mol. The van der Waals surface area contributed by atoms with Gasteiger partial charge in [0.15, 0.2) is 0 Å². The number of likely N-dealkylation sites (N-methyl/N-ethyl adjacent to an activating group) is 1. The highest BCUT2D eigenvalue weighted by atomic mass is 16.3. The van der Waals surface area contributed by atoms with E-state index in [1.807, 2.05) is 36.4 Å². The Morgan fingerprint density at radius 1 is 1.00 bits per heavy atom. The Bertz CT molecular complexity index is 824. The van der Waals surface area contributed by atoms with E-state index in [0.717, 1.165) is 5.56 Å². The van der Waals surface area contributed by atoms with Crippen molar-refractivity contribution in [2.24, 2.45) is 5.92 Å². The van der Waals surface area contributed by atoms with Crippen LogP contribution in [-0.2, 0) is 16.1 Å². The van der Waals surface area contributed by atoms with Crippen molar-refractivity contribution in [2.45, 2.75) is 18.6 Å². The highest BCUT2D eigenvalue weighted by Crippen LogP contribution is 2.42. The summed E-state index contributed by atoms with van der Waals surface area (Å²) in [5.41, 5.74) is 4.71. The van der Waals surface area contributed by atoms with Gasteiger partial charge in [-0.2, -0.15) is 0 Å². The first-order chi connectivity index (χ1) is 12.1. The second kappa shape index (κ2) is 5.98. The number of aromatic hydroxyl groups is 1. The molecule has 0 aromatic heterocycles. The van der Waals surface area contributed by atoms with E-state index in [-0.39, 0.29) is 24.1 Å². The number of fused-ring (bicyclic) bond motifs is 1. The Morgan fingerprint density at radius 3 is 2.40 bits per heavy atom.